The standard InChI is InChI=1S/C16H22N4O2/c1-12-7-9-18(2)13-5-3-4-6-14(13)20(12)11-15(21)19-10-8-17-16(19)22/h3-6,12H,7-11H2,1-2H3,(H,17,22)/t12-/m0/s1. The van der Waals surface area contributed by atoms with E-state index in [1.807, 2.05) is 18.2 Å². The van der Waals surface area contributed by atoms with Crippen LogP contribution in [0.2, 0.25) is 0 Å². The summed E-state index contributed by atoms with van der Waals surface area (Å²) in [6.07, 6.45) is 0.977. The van der Waals surface area contributed by atoms with Crippen LogP contribution in [0.25, 0.3) is 0 Å². The maximum atomic E-state index is 12.5. The average molecular weight is 302 g/mol. The highest BCUT2D eigenvalue weighted by molar-refractivity contribution is 5.98. The fraction of sp³-hybridized carbons (Fsp3) is 0.500. The molecule has 1 N–H and O–H groups in total. The van der Waals surface area contributed by atoms with Gasteiger partial charge >= 0.3 is 6.03 Å². The van der Waals surface area contributed by atoms with Crippen molar-refractivity contribution in [2.24, 2.45) is 0 Å². The molecule has 0 spiro atoms. The van der Waals surface area contributed by atoms with Gasteiger partial charge in [-0.25, -0.2) is 4.79 Å². The Labute approximate surface area is 130 Å². The van der Waals surface area contributed by atoms with Gasteiger partial charge in [-0.2, -0.15) is 0 Å². The van der Waals surface area contributed by atoms with Crippen molar-refractivity contribution in [2.75, 3.05) is 43.0 Å². The number of hydrogen-bond acceptors (Lipinski definition) is 4. The van der Waals surface area contributed by atoms with Crippen LogP contribution in [-0.4, -0.2) is 56.1 Å². The van der Waals surface area contributed by atoms with Gasteiger partial charge in [0.05, 0.1) is 17.9 Å². The minimum atomic E-state index is -0.280. The lowest BCUT2D eigenvalue weighted by Gasteiger charge is -2.31. The molecule has 118 valence electrons. The summed E-state index contributed by atoms with van der Waals surface area (Å²) < 4.78 is 0. The van der Waals surface area contributed by atoms with Crippen molar-refractivity contribution in [1.82, 2.24) is 10.2 Å². The fourth-order valence-corrected chi connectivity index (χ4v) is 3.11. The van der Waals surface area contributed by atoms with E-state index < -0.39 is 0 Å². The van der Waals surface area contributed by atoms with Crippen LogP contribution < -0.4 is 15.1 Å². The Hall–Kier alpha value is -2.24. The van der Waals surface area contributed by atoms with Gasteiger partial charge in [0.15, 0.2) is 0 Å². The third-order valence-electron chi connectivity index (χ3n) is 4.48. The van der Waals surface area contributed by atoms with Crippen LogP contribution >= 0.6 is 0 Å². The Bertz CT molecular complexity index is 589. The number of amides is 3. The van der Waals surface area contributed by atoms with Gasteiger partial charge in [0.1, 0.15) is 0 Å². The molecule has 1 fully saturated rings. The monoisotopic (exact) mass is 302 g/mol. The molecule has 1 atom stereocenters. The van der Waals surface area contributed by atoms with Gasteiger partial charge in [0.2, 0.25) is 5.91 Å². The maximum Gasteiger partial charge on any atom is 0.324 e. The largest absolute Gasteiger partial charge is 0.373 e. The molecule has 0 saturated carbocycles. The molecule has 3 amide bonds. The van der Waals surface area contributed by atoms with Gasteiger partial charge < -0.3 is 15.1 Å². The Balaban J connectivity index is 1.86. The number of urea groups is 1. The van der Waals surface area contributed by atoms with Gasteiger partial charge in [-0.15, -0.1) is 0 Å². The molecule has 2 aliphatic rings. The molecule has 0 radical (unpaired) electrons. The summed E-state index contributed by atoms with van der Waals surface area (Å²) in [5.74, 6) is -0.138. The maximum absolute atomic E-state index is 12.5. The smallest absolute Gasteiger partial charge is 0.324 e. The Morgan fingerprint density at radius 1 is 1.27 bits per heavy atom. The van der Waals surface area contributed by atoms with Crippen molar-refractivity contribution >= 4 is 23.3 Å². The first-order valence-electron chi connectivity index (χ1n) is 7.73. The molecular formula is C16H22N4O2. The van der Waals surface area contributed by atoms with Crippen LogP contribution in [0.1, 0.15) is 13.3 Å². The van der Waals surface area contributed by atoms with E-state index in [0.29, 0.717) is 13.1 Å². The first-order chi connectivity index (χ1) is 10.6. The van der Waals surface area contributed by atoms with E-state index in [-0.39, 0.29) is 24.5 Å². The summed E-state index contributed by atoms with van der Waals surface area (Å²) in [4.78, 5) is 29.8. The van der Waals surface area contributed by atoms with Crippen LogP contribution in [0.15, 0.2) is 24.3 Å². The van der Waals surface area contributed by atoms with Crippen LogP contribution in [0.4, 0.5) is 16.2 Å². The van der Waals surface area contributed by atoms with Crippen LogP contribution in [0, 0.1) is 0 Å². The lowest BCUT2D eigenvalue weighted by Crippen LogP contribution is -2.45. The minimum Gasteiger partial charge on any atom is -0.373 e. The van der Waals surface area contributed by atoms with Gasteiger partial charge in [-0.3, -0.25) is 9.69 Å². The highest BCUT2D eigenvalue weighted by atomic mass is 16.2. The second-order valence-electron chi connectivity index (χ2n) is 5.95. The number of para-hydroxylation sites is 2. The molecule has 3 rings (SSSR count). The second-order valence-corrected chi connectivity index (χ2v) is 5.95. The number of carbonyl (C=O) groups is 2. The second kappa shape index (κ2) is 5.87. The molecule has 22 heavy (non-hydrogen) atoms. The molecule has 2 aliphatic heterocycles. The number of anilines is 2. The summed E-state index contributed by atoms with van der Waals surface area (Å²) in [6.45, 7) is 4.32. The zero-order valence-electron chi connectivity index (χ0n) is 13.1. The normalized spacial score (nSPS) is 21.5. The van der Waals surface area contributed by atoms with Gasteiger partial charge in [0, 0.05) is 32.7 Å². The lowest BCUT2D eigenvalue weighted by atomic mass is 10.2. The van der Waals surface area contributed by atoms with Crippen molar-refractivity contribution in [3.8, 4) is 0 Å². The van der Waals surface area contributed by atoms with E-state index in [1.54, 1.807) is 0 Å². The SMILES string of the molecule is C[C@H]1CCN(C)c2ccccc2N1CC(=O)N1CCNC1=O. The van der Waals surface area contributed by atoms with Crippen molar-refractivity contribution in [3.05, 3.63) is 24.3 Å². The highest BCUT2D eigenvalue weighted by Crippen LogP contribution is 2.33. The van der Waals surface area contributed by atoms with Crippen LogP contribution in [0.5, 0.6) is 0 Å². The van der Waals surface area contributed by atoms with E-state index in [1.165, 1.54) is 4.90 Å². The van der Waals surface area contributed by atoms with E-state index in [9.17, 15) is 9.59 Å². The van der Waals surface area contributed by atoms with Gasteiger partial charge in [0.25, 0.3) is 0 Å². The van der Waals surface area contributed by atoms with E-state index in [0.717, 1.165) is 24.3 Å². The number of nitrogens with zero attached hydrogens (tertiary/aromatic N) is 3. The molecule has 0 unspecified atom stereocenters. The fourth-order valence-electron chi connectivity index (χ4n) is 3.11. The number of benzene rings is 1. The topological polar surface area (TPSA) is 55.9 Å². The average Bonchev–Trinajstić information content (AvgIpc) is 2.91. The predicted octanol–water partition coefficient (Wildman–Crippen LogP) is 1.27. The molecule has 6 heteroatoms. The van der Waals surface area contributed by atoms with Crippen molar-refractivity contribution in [1.29, 1.82) is 0 Å². The number of rotatable bonds is 2. The molecular weight excluding hydrogens is 280 g/mol. The molecule has 1 saturated heterocycles. The van der Waals surface area contributed by atoms with Crippen molar-refractivity contribution in [2.45, 2.75) is 19.4 Å². The number of nitrogens with one attached hydrogen (secondary N) is 1. The molecule has 0 bridgehead atoms. The first-order valence-corrected chi connectivity index (χ1v) is 7.73. The summed E-state index contributed by atoms with van der Waals surface area (Å²) >= 11 is 0. The molecule has 2 heterocycles. The molecule has 1 aromatic carbocycles. The third kappa shape index (κ3) is 2.61. The number of carbonyl (C=O) groups excluding carboxylic acids is 2. The molecule has 1 aromatic rings. The number of hydrogen-bond donors (Lipinski definition) is 1. The zero-order valence-corrected chi connectivity index (χ0v) is 13.1. The zero-order chi connectivity index (χ0) is 15.7. The van der Waals surface area contributed by atoms with Crippen LogP contribution in [-0.2, 0) is 4.79 Å². The Morgan fingerprint density at radius 3 is 2.68 bits per heavy atom. The van der Waals surface area contributed by atoms with E-state index >= 15 is 0 Å². The van der Waals surface area contributed by atoms with E-state index in [4.69, 9.17) is 0 Å². The molecule has 0 aromatic heterocycles. The summed E-state index contributed by atoms with van der Waals surface area (Å²) in [7, 11) is 2.07. The Morgan fingerprint density at radius 2 is 2.00 bits per heavy atom. The quantitative estimate of drug-likeness (QED) is 0.894. The number of fused-ring (bicyclic) bond motifs is 1. The number of imide groups is 1. The van der Waals surface area contributed by atoms with Crippen molar-refractivity contribution in [3.63, 3.8) is 0 Å². The van der Waals surface area contributed by atoms with Gasteiger partial charge in [-0.1, -0.05) is 12.1 Å². The van der Waals surface area contributed by atoms with E-state index in [2.05, 4.69) is 35.2 Å². The predicted molar refractivity (Wildman–Crippen MR) is 86.2 cm³/mol. The van der Waals surface area contributed by atoms with Gasteiger partial charge in [-0.05, 0) is 25.5 Å². The summed E-state index contributed by atoms with van der Waals surface area (Å²) in [5.41, 5.74) is 2.19. The molecule has 6 nitrogen and oxygen atoms in total. The Kier molecular flexibility index (Phi) is 3.92. The van der Waals surface area contributed by atoms with Crippen LogP contribution in [0.3, 0.4) is 0 Å². The highest BCUT2D eigenvalue weighted by Gasteiger charge is 2.30. The minimum absolute atomic E-state index is 0.138. The third-order valence-corrected chi connectivity index (χ3v) is 4.48. The summed E-state index contributed by atoms with van der Waals surface area (Å²) in [5, 5.41) is 2.68. The summed E-state index contributed by atoms with van der Waals surface area (Å²) in [6, 6.07) is 8.10. The first kappa shape index (κ1) is 14.7. The lowest BCUT2D eigenvalue weighted by molar-refractivity contribution is -0.126. The molecule has 0 aliphatic carbocycles. The van der Waals surface area contributed by atoms with Crippen molar-refractivity contribution < 1.29 is 9.59 Å².